The summed E-state index contributed by atoms with van der Waals surface area (Å²) in [5.74, 6) is -1.14. The molecule has 10 nitrogen and oxygen atoms in total. The summed E-state index contributed by atoms with van der Waals surface area (Å²) in [6.07, 6.45) is 8.47. The van der Waals surface area contributed by atoms with Gasteiger partial charge in [-0.3, -0.25) is 24.7 Å². The van der Waals surface area contributed by atoms with Crippen LogP contribution in [0, 0.1) is 0 Å². The minimum absolute atomic E-state index is 0.262. The van der Waals surface area contributed by atoms with Crippen molar-refractivity contribution in [2.75, 3.05) is 6.61 Å². The van der Waals surface area contributed by atoms with E-state index in [4.69, 9.17) is 0 Å². The van der Waals surface area contributed by atoms with Crippen molar-refractivity contribution in [1.82, 2.24) is 19.9 Å². The van der Waals surface area contributed by atoms with E-state index >= 15 is 0 Å². The number of carbonyl (C=O) groups excluding carboxylic acids is 1. The lowest BCUT2D eigenvalue weighted by Crippen LogP contribution is -2.72. The Morgan fingerprint density at radius 1 is 0.650 bits per heavy atom. The van der Waals surface area contributed by atoms with Crippen molar-refractivity contribution in [3.8, 4) is 0 Å². The first-order valence-electron chi connectivity index (χ1n) is 12.8. The number of Topliss-reactive ketones (excluding diaryl/α,β-unsaturated/α-hetero) is 1. The quantitative estimate of drug-likeness (QED) is 0.161. The van der Waals surface area contributed by atoms with E-state index in [0.29, 0.717) is 22.3 Å². The number of carbonyl (C=O) groups is 1. The van der Waals surface area contributed by atoms with Crippen molar-refractivity contribution in [2.45, 2.75) is 48.6 Å². The number of aliphatic hydroxyl groups excluding tert-OH is 2. The molecule has 208 valence electrons. The Hall–Kier alpha value is -3.93. The van der Waals surface area contributed by atoms with Crippen LogP contribution < -0.4 is 0 Å². The summed E-state index contributed by atoms with van der Waals surface area (Å²) in [5, 5.41) is 57.6. The summed E-state index contributed by atoms with van der Waals surface area (Å²) in [7, 11) is 0. The molecule has 0 saturated heterocycles. The second-order valence-electron chi connectivity index (χ2n) is 10.00. The molecule has 0 radical (unpaired) electrons. The van der Waals surface area contributed by atoms with Gasteiger partial charge in [-0.2, -0.15) is 0 Å². The Kier molecular flexibility index (Phi) is 9.08. The Morgan fingerprint density at radius 3 is 1.38 bits per heavy atom. The van der Waals surface area contributed by atoms with Gasteiger partial charge < -0.3 is 25.5 Å². The predicted molar refractivity (Wildman–Crippen MR) is 145 cm³/mol. The summed E-state index contributed by atoms with van der Waals surface area (Å²) in [5.41, 5.74) is -6.01. The van der Waals surface area contributed by atoms with Gasteiger partial charge in [0.25, 0.3) is 0 Å². The molecular formula is C30H32N4O6. The summed E-state index contributed by atoms with van der Waals surface area (Å²) in [6.45, 7) is -0.969. The highest BCUT2D eigenvalue weighted by molar-refractivity contribution is 5.96. The maximum Gasteiger partial charge on any atom is 0.199 e. The van der Waals surface area contributed by atoms with Crippen LogP contribution in [0.3, 0.4) is 0 Å². The molecule has 0 spiro atoms. The fourth-order valence-corrected chi connectivity index (χ4v) is 5.02. The van der Waals surface area contributed by atoms with Crippen molar-refractivity contribution in [3.05, 3.63) is 120 Å². The standard InChI is InChI=1S/C30H32N4O6/c35-21-26(36)29(39,15-24-7-3-11-33-19-24)30(40,16-25-8-4-12-34-20-25)27(37)28(38,13-22-5-1-9-31-17-22)14-23-6-2-10-32-18-23/h1-12,17-20,26,35-36,38-40H,13-16,21H2/t26-,29-,30-/m1/s1. The fourth-order valence-electron chi connectivity index (χ4n) is 5.02. The molecule has 40 heavy (non-hydrogen) atoms. The average Bonchev–Trinajstić information content (AvgIpc) is 2.98. The minimum atomic E-state index is -2.81. The second-order valence-corrected chi connectivity index (χ2v) is 10.00. The van der Waals surface area contributed by atoms with Gasteiger partial charge in [0.2, 0.25) is 0 Å². The third-order valence-corrected chi connectivity index (χ3v) is 7.06. The first kappa shape index (κ1) is 29.1. The highest BCUT2D eigenvalue weighted by Gasteiger charge is 2.62. The molecule has 4 heterocycles. The number of rotatable bonds is 13. The van der Waals surface area contributed by atoms with Crippen LogP contribution in [0.5, 0.6) is 0 Å². The fraction of sp³-hybridized carbons (Fsp3) is 0.300. The average molecular weight is 545 g/mol. The zero-order valence-electron chi connectivity index (χ0n) is 21.8. The number of ketones is 1. The molecule has 0 bridgehead atoms. The molecule has 0 aliphatic heterocycles. The molecule has 0 aromatic carbocycles. The van der Waals surface area contributed by atoms with Gasteiger partial charge in [0, 0.05) is 75.3 Å². The Morgan fingerprint density at radius 2 is 1.02 bits per heavy atom. The number of hydrogen-bond donors (Lipinski definition) is 5. The molecule has 0 fully saturated rings. The van der Waals surface area contributed by atoms with Gasteiger partial charge in [-0.1, -0.05) is 24.3 Å². The molecule has 3 atom stereocenters. The summed E-state index contributed by atoms with van der Waals surface area (Å²) < 4.78 is 0. The third-order valence-electron chi connectivity index (χ3n) is 7.06. The molecule has 10 heteroatoms. The second kappa shape index (κ2) is 12.5. The van der Waals surface area contributed by atoms with Crippen molar-refractivity contribution >= 4 is 5.78 Å². The molecule has 5 N–H and O–H groups in total. The van der Waals surface area contributed by atoms with Crippen LogP contribution in [0.25, 0.3) is 0 Å². The van der Waals surface area contributed by atoms with E-state index in [2.05, 4.69) is 19.9 Å². The summed E-state index contributed by atoms with van der Waals surface area (Å²) in [6, 6.07) is 13.1. The van der Waals surface area contributed by atoms with Crippen LogP contribution in [-0.4, -0.2) is 80.8 Å². The Bertz CT molecular complexity index is 1320. The monoisotopic (exact) mass is 544 g/mol. The lowest BCUT2D eigenvalue weighted by Gasteiger charge is -2.48. The SMILES string of the molecule is O=C(C(O)(Cc1cccnc1)Cc1cccnc1)[C@](O)(Cc1cccnc1)[C@@](O)(Cc1cccnc1)[C@H](O)CO. The van der Waals surface area contributed by atoms with Crippen LogP contribution in [0.2, 0.25) is 0 Å². The van der Waals surface area contributed by atoms with Gasteiger partial charge in [0.15, 0.2) is 11.4 Å². The van der Waals surface area contributed by atoms with Crippen molar-refractivity contribution < 1.29 is 30.3 Å². The van der Waals surface area contributed by atoms with Crippen molar-refractivity contribution in [2.24, 2.45) is 0 Å². The lowest BCUT2D eigenvalue weighted by atomic mass is 9.64. The van der Waals surface area contributed by atoms with Crippen LogP contribution >= 0.6 is 0 Å². The van der Waals surface area contributed by atoms with E-state index in [-0.39, 0.29) is 12.8 Å². The van der Waals surface area contributed by atoms with E-state index in [1.807, 2.05) is 0 Å². The van der Waals surface area contributed by atoms with Crippen LogP contribution in [0.4, 0.5) is 0 Å². The van der Waals surface area contributed by atoms with E-state index in [1.165, 1.54) is 37.2 Å². The normalized spacial score (nSPS) is 15.5. The zero-order chi connectivity index (χ0) is 28.6. The zero-order valence-corrected chi connectivity index (χ0v) is 21.8. The van der Waals surface area contributed by atoms with E-state index in [9.17, 15) is 30.3 Å². The molecule has 4 aromatic rings. The van der Waals surface area contributed by atoms with E-state index in [0.717, 1.165) is 0 Å². The highest BCUT2D eigenvalue weighted by atomic mass is 16.4. The molecule has 0 saturated carbocycles. The first-order chi connectivity index (χ1) is 19.2. The summed E-state index contributed by atoms with van der Waals surface area (Å²) >= 11 is 0. The van der Waals surface area contributed by atoms with Gasteiger partial charge in [0.05, 0.1) is 6.61 Å². The van der Waals surface area contributed by atoms with Gasteiger partial charge in [0.1, 0.15) is 17.3 Å². The van der Waals surface area contributed by atoms with Gasteiger partial charge in [-0.05, 0) is 46.5 Å². The maximum absolute atomic E-state index is 14.6. The van der Waals surface area contributed by atoms with Crippen molar-refractivity contribution in [3.63, 3.8) is 0 Å². The minimum Gasteiger partial charge on any atom is -0.394 e. The first-order valence-corrected chi connectivity index (χ1v) is 12.8. The van der Waals surface area contributed by atoms with E-state index < -0.39 is 48.1 Å². The number of nitrogens with zero attached hydrogens (tertiary/aromatic N) is 4. The molecule has 0 amide bonds. The van der Waals surface area contributed by atoms with Crippen molar-refractivity contribution in [1.29, 1.82) is 0 Å². The van der Waals surface area contributed by atoms with Crippen LogP contribution in [0.1, 0.15) is 22.3 Å². The lowest BCUT2D eigenvalue weighted by molar-refractivity contribution is -0.219. The molecule has 0 aliphatic carbocycles. The number of aliphatic hydroxyl groups is 5. The number of aromatic nitrogens is 4. The van der Waals surface area contributed by atoms with Gasteiger partial charge in [-0.25, -0.2) is 0 Å². The highest BCUT2D eigenvalue weighted by Crippen LogP contribution is 2.38. The van der Waals surface area contributed by atoms with Crippen LogP contribution in [-0.2, 0) is 30.5 Å². The smallest absolute Gasteiger partial charge is 0.199 e. The molecule has 0 unspecified atom stereocenters. The largest absolute Gasteiger partial charge is 0.394 e. The van der Waals surface area contributed by atoms with Gasteiger partial charge >= 0.3 is 0 Å². The Labute approximate surface area is 231 Å². The molecular weight excluding hydrogens is 512 g/mol. The van der Waals surface area contributed by atoms with Gasteiger partial charge in [-0.15, -0.1) is 0 Å². The van der Waals surface area contributed by atoms with Crippen LogP contribution in [0.15, 0.2) is 98.1 Å². The third kappa shape index (κ3) is 6.27. The topological polar surface area (TPSA) is 170 Å². The number of hydrogen-bond acceptors (Lipinski definition) is 10. The predicted octanol–water partition coefficient (Wildman–Crippen LogP) is 0.653. The van der Waals surface area contributed by atoms with E-state index in [1.54, 1.807) is 60.9 Å². The summed E-state index contributed by atoms with van der Waals surface area (Å²) in [4.78, 5) is 30.9. The maximum atomic E-state index is 14.6. The molecule has 4 aromatic heterocycles. The molecule has 4 rings (SSSR count). The number of pyridine rings is 4. The molecule has 0 aliphatic rings. The Balaban J connectivity index is 1.88.